The van der Waals surface area contributed by atoms with E-state index in [-0.39, 0.29) is 29.5 Å². The van der Waals surface area contributed by atoms with Crippen molar-refractivity contribution < 1.29 is 9.59 Å². The first kappa shape index (κ1) is 24.5. The van der Waals surface area contributed by atoms with Crippen LogP contribution in [0, 0.1) is 12.8 Å². The van der Waals surface area contributed by atoms with E-state index in [1.54, 1.807) is 0 Å². The van der Waals surface area contributed by atoms with Crippen LogP contribution in [0.3, 0.4) is 0 Å². The average Bonchev–Trinajstić information content (AvgIpc) is 3.16. The van der Waals surface area contributed by atoms with E-state index in [0.29, 0.717) is 16.5 Å². The summed E-state index contributed by atoms with van der Waals surface area (Å²) in [5.74, 6) is 0.711. The SMILES string of the molecule is CCc1ccc(NC(=O)CSc2nnc([C@@H](NC(=O)c3ccc(C)cc3)C(C)C)n2C)cc1. The molecule has 0 unspecified atom stereocenters. The highest BCUT2D eigenvalue weighted by molar-refractivity contribution is 7.99. The lowest BCUT2D eigenvalue weighted by Crippen LogP contribution is -2.33. The molecule has 0 saturated heterocycles. The molecule has 33 heavy (non-hydrogen) atoms. The zero-order chi connectivity index (χ0) is 24.0. The van der Waals surface area contributed by atoms with Crippen molar-refractivity contribution in [3.63, 3.8) is 0 Å². The van der Waals surface area contributed by atoms with Gasteiger partial charge in [0.25, 0.3) is 5.91 Å². The molecule has 174 valence electrons. The van der Waals surface area contributed by atoms with E-state index in [2.05, 4.69) is 27.8 Å². The summed E-state index contributed by atoms with van der Waals surface area (Å²) in [5.41, 5.74) is 3.70. The van der Waals surface area contributed by atoms with Crippen molar-refractivity contribution in [2.24, 2.45) is 13.0 Å². The number of rotatable bonds is 9. The van der Waals surface area contributed by atoms with Gasteiger partial charge < -0.3 is 15.2 Å². The molecule has 0 aliphatic rings. The highest BCUT2D eigenvalue weighted by atomic mass is 32.2. The Morgan fingerprint density at radius 2 is 1.70 bits per heavy atom. The Hall–Kier alpha value is -3.13. The van der Waals surface area contributed by atoms with Gasteiger partial charge in [-0.1, -0.05) is 62.4 Å². The van der Waals surface area contributed by atoms with Crippen molar-refractivity contribution in [3.8, 4) is 0 Å². The standard InChI is InChI=1S/C25H31N5O2S/c1-6-18-9-13-20(14-10-18)26-21(31)15-33-25-29-28-23(30(25)5)22(16(2)3)27-24(32)19-11-7-17(4)8-12-19/h7-14,16,22H,6,15H2,1-5H3,(H,26,31)(H,27,32)/t22-/m0/s1. The fraction of sp³-hybridized carbons (Fsp3) is 0.360. The van der Waals surface area contributed by atoms with E-state index in [1.807, 2.05) is 80.9 Å². The van der Waals surface area contributed by atoms with Crippen LogP contribution >= 0.6 is 11.8 Å². The largest absolute Gasteiger partial charge is 0.342 e. The van der Waals surface area contributed by atoms with E-state index >= 15 is 0 Å². The lowest BCUT2D eigenvalue weighted by molar-refractivity contribution is -0.113. The van der Waals surface area contributed by atoms with Gasteiger partial charge in [0.15, 0.2) is 11.0 Å². The number of benzene rings is 2. The highest BCUT2D eigenvalue weighted by Gasteiger charge is 2.25. The Kier molecular flexibility index (Phi) is 8.27. The molecule has 2 aromatic carbocycles. The zero-order valence-electron chi connectivity index (χ0n) is 19.8. The van der Waals surface area contributed by atoms with Crippen LogP contribution in [0.15, 0.2) is 53.7 Å². The van der Waals surface area contributed by atoms with Crippen LogP contribution in [0.5, 0.6) is 0 Å². The third-order valence-electron chi connectivity index (χ3n) is 5.39. The second-order valence-corrected chi connectivity index (χ2v) is 9.29. The molecule has 0 bridgehead atoms. The molecule has 7 nitrogen and oxygen atoms in total. The van der Waals surface area contributed by atoms with Gasteiger partial charge in [-0.3, -0.25) is 9.59 Å². The fourth-order valence-electron chi connectivity index (χ4n) is 3.33. The molecule has 1 atom stereocenters. The first-order chi connectivity index (χ1) is 15.8. The van der Waals surface area contributed by atoms with Crippen LogP contribution in [0.4, 0.5) is 5.69 Å². The summed E-state index contributed by atoms with van der Waals surface area (Å²) >= 11 is 1.31. The number of carbonyl (C=O) groups excluding carboxylic acids is 2. The molecule has 1 aromatic heterocycles. The molecule has 8 heteroatoms. The van der Waals surface area contributed by atoms with Gasteiger partial charge in [-0.05, 0) is 49.1 Å². The Morgan fingerprint density at radius 3 is 2.30 bits per heavy atom. The Bertz CT molecular complexity index is 1090. The second-order valence-electron chi connectivity index (χ2n) is 8.35. The average molecular weight is 466 g/mol. The Morgan fingerprint density at radius 1 is 1.03 bits per heavy atom. The molecular weight excluding hydrogens is 434 g/mol. The molecule has 2 amide bonds. The summed E-state index contributed by atoms with van der Waals surface area (Å²) in [5, 5.41) is 15.2. The topological polar surface area (TPSA) is 88.9 Å². The number of nitrogens with one attached hydrogen (secondary N) is 2. The number of anilines is 1. The zero-order valence-corrected chi connectivity index (χ0v) is 20.6. The third kappa shape index (κ3) is 6.44. The smallest absolute Gasteiger partial charge is 0.251 e. The molecule has 1 heterocycles. The number of carbonyl (C=O) groups is 2. The van der Waals surface area contributed by atoms with E-state index in [4.69, 9.17) is 0 Å². The number of amides is 2. The molecule has 0 spiro atoms. The van der Waals surface area contributed by atoms with Crippen LogP contribution in [0.25, 0.3) is 0 Å². The summed E-state index contributed by atoms with van der Waals surface area (Å²) in [7, 11) is 1.85. The van der Waals surface area contributed by atoms with Gasteiger partial charge in [0.2, 0.25) is 5.91 Å². The molecule has 3 aromatic rings. The molecule has 0 fully saturated rings. The van der Waals surface area contributed by atoms with Crippen LogP contribution in [-0.2, 0) is 18.3 Å². The number of thioether (sulfide) groups is 1. The molecule has 0 aliphatic heterocycles. The second kappa shape index (κ2) is 11.1. The van der Waals surface area contributed by atoms with Gasteiger partial charge in [0, 0.05) is 18.3 Å². The monoisotopic (exact) mass is 465 g/mol. The first-order valence-corrected chi connectivity index (χ1v) is 12.1. The molecule has 0 radical (unpaired) electrons. The molecule has 0 aliphatic carbocycles. The van der Waals surface area contributed by atoms with Gasteiger partial charge in [-0.2, -0.15) is 0 Å². The van der Waals surface area contributed by atoms with Crippen molar-refractivity contribution in [2.75, 3.05) is 11.1 Å². The molecule has 2 N–H and O–H groups in total. The Balaban J connectivity index is 1.63. The predicted molar refractivity (Wildman–Crippen MR) is 132 cm³/mol. The van der Waals surface area contributed by atoms with Crippen LogP contribution in [0.2, 0.25) is 0 Å². The maximum absolute atomic E-state index is 12.8. The lowest BCUT2D eigenvalue weighted by atomic mass is 10.0. The Labute approximate surface area is 199 Å². The minimum Gasteiger partial charge on any atom is -0.342 e. The molecular formula is C25H31N5O2S. The van der Waals surface area contributed by atoms with Gasteiger partial charge >= 0.3 is 0 Å². The molecule has 0 saturated carbocycles. The summed E-state index contributed by atoms with van der Waals surface area (Å²) in [4.78, 5) is 25.1. The van der Waals surface area contributed by atoms with Crippen molar-refractivity contribution >= 4 is 29.3 Å². The number of hydrogen-bond donors (Lipinski definition) is 2. The van der Waals surface area contributed by atoms with Crippen LogP contribution < -0.4 is 10.6 Å². The third-order valence-corrected chi connectivity index (χ3v) is 6.41. The predicted octanol–water partition coefficient (Wildman–Crippen LogP) is 4.54. The van der Waals surface area contributed by atoms with Crippen molar-refractivity contribution in [3.05, 3.63) is 71.0 Å². The number of aryl methyl sites for hydroxylation is 2. The van der Waals surface area contributed by atoms with Gasteiger partial charge in [-0.15, -0.1) is 10.2 Å². The lowest BCUT2D eigenvalue weighted by Gasteiger charge is -2.21. The minimum absolute atomic E-state index is 0.106. The number of hydrogen-bond acceptors (Lipinski definition) is 5. The van der Waals surface area contributed by atoms with Gasteiger partial charge in [0.05, 0.1) is 11.8 Å². The van der Waals surface area contributed by atoms with E-state index in [1.165, 1.54) is 17.3 Å². The summed E-state index contributed by atoms with van der Waals surface area (Å²) in [6.45, 7) is 8.13. The maximum Gasteiger partial charge on any atom is 0.251 e. The quantitative estimate of drug-likeness (QED) is 0.453. The summed E-state index contributed by atoms with van der Waals surface area (Å²) in [6.07, 6.45) is 0.960. The summed E-state index contributed by atoms with van der Waals surface area (Å²) in [6, 6.07) is 15.0. The van der Waals surface area contributed by atoms with Crippen molar-refractivity contribution in [1.29, 1.82) is 0 Å². The van der Waals surface area contributed by atoms with Gasteiger partial charge in [-0.25, -0.2) is 0 Å². The highest BCUT2D eigenvalue weighted by Crippen LogP contribution is 2.24. The van der Waals surface area contributed by atoms with E-state index in [9.17, 15) is 9.59 Å². The maximum atomic E-state index is 12.8. The fourth-order valence-corrected chi connectivity index (χ4v) is 4.05. The number of aromatic nitrogens is 3. The van der Waals surface area contributed by atoms with E-state index < -0.39 is 0 Å². The first-order valence-electron chi connectivity index (χ1n) is 11.1. The van der Waals surface area contributed by atoms with Crippen molar-refractivity contribution in [2.45, 2.75) is 45.3 Å². The van der Waals surface area contributed by atoms with Crippen LogP contribution in [0.1, 0.15) is 54.1 Å². The summed E-state index contributed by atoms with van der Waals surface area (Å²) < 4.78 is 1.84. The van der Waals surface area contributed by atoms with Crippen molar-refractivity contribution in [1.82, 2.24) is 20.1 Å². The number of nitrogens with zero attached hydrogens (tertiary/aromatic N) is 3. The normalized spacial score (nSPS) is 11.9. The van der Waals surface area contributed by atoms with Crippen LogP contribution in [-0.4, -0.2) is 32.3 Å². The van der Waals surface area contributed by atoms with Gasteiger partial charge in [0.1, 0.15) is 0 Å². The van der Waals surface area contributed by atoms with E-state index in [0.717, 1.165) is 17.7 Å². The molecule has 3 rings (SSSR count). The minimum atomic E-state index is -0.309.